The predicted octanol–water partition coefficient (Wildman–Crippen LogP) is 1.56. The van der Waals surface area contributed by atoms with Crippen molar-refractivity contribution in [2.75, 3.05) is 19.7 Å². The lowest BCUT2D eigenvalue weighted by Gasteiger charge is -2.19. The smallest absolute Gasteiger partial charge is 0.309 e. The Labute approximate surface area is 139 Å². The number of aliphatic carboxylic acids is 1. The van der Waals surface area contributed by atoms with Gasteiger partial charge in [0.2, 0.25) is 10.0 Å². The molecule has 0 unspecified atom stereocenters. The highest BCUT2D eigenvalue weighted by Gasteiger charge is 2.50. The van der Waals surface area contributed by atoms with Crippen molar-refractivity contribution >= 4 is 26.8 Å². The summed E-state index contributed by atoms with van der Waals surface area (Å²) >= 11 is 0. The maximum atomic E-state index is 13.1. The summed E-state index contributed by atoms with van der Waals surface area (Å²) in [5.74, 6) is -1.85. The molecular formula is C17H17NO5S. The predicted molar refractivity (Wildman–Crippen MR) is 87.1 cm³/mol. The molecule has 2 aliphatic rings. The maximum Gasteiger partial charge on any atom is 0.309 e. The number of sulfonamides is 1. The van der Waals surface area contributed by atoms with Gasteiger partial charge in [0.15, 0.2) is 0 Å². The number of benzene rings is 2. The van der Waals surface area contributed by atoms with Crippen LogP contribution in [-0.2, 0) is 19.6 Å². The molecule has 2 aromatic carbocycles. The fourth-order valence-corrected chi connectivity index (χ4v) is 5.39. The van der Waals surface area contributed by atoms with Gasteiger partial charge in [0, 0.05) is 24.4 Å². The van der Waals surface area contributed by atoms with Crippen molar-refractivity contribution in [3.05, 3.63) is 42.5 Å². The second-order valence-corrected chi connectivity index (χ2v) is 8.19. The summed E-state index contributed by atoms with van der Waals surface area (Å²) in [6.45, 7) is 0.556. The molecule has 0 aromatic heterocycles. The third-order valence-electron chi connectivity index (χ3n) is 4.97. The van der Waals surface area contributed by atoms with Crippen molar-refractivity contribution in [3.63, 3.8) is 0 Å². The number of carboxylic acids is 1. The normalized spacial score (nSPS) is 27.4. The quantitative estimate of drug-likeness (QED) is 0.911. The second kappa shape index (κ2) is 5.54. The summed E-state index contributed by atoms with van der Waals surface area (Å²) in [6.07, 6.45) is -0.337. The number of rotatable bonds is 3. The molecule has 1 N–H and O–H groups in total. The summed E-state index contributed by atoms with van der Waals surface area (Å²) < 4.78 is 33.0. The molecule has 3 atom stereocenters. The summed E-state index contributed by atoms with van der Waals surface area (Å²) in [5, 5.41) is 10.8. The van der Waals surface area contributed by atoms with E-state index >= 15 is 0 Å². The molecule has 2 saturated heterocycles. The second-order valence-electron chi connectivity index (χ2n) is 6.28. The van der Waals surface area contributed by atoms with Crippen LogP contribution in [0.1, 0.15) is 0 Å². The maximum absolute atomic E-state index is 13.1. The molecule has 0 amide bonds. The number of carbonyl (C=O) groups is 1. The average molecular weight is 347 g/mol. The molecule has 0 spiro atoms. The van der Waals surface area contributed by atoms with E-state index in [2.05, 4.69) is 0 Å². The molecule has 2 aromatic rings. The third-order valence-corrected chi connectivity index (χ3v) is 6.86. The zero-order chi connectivity index (χ0) is 16.9. The Morgan fingerprint density at radius 3 is 2.67 bits per heavy atom. The van der Waals surface area contributed by atoms with Crippen LogP contribution in [0.25, 0.3) is 10.8 Å². The molecule has 6 nitrogen and oxygen atoms in total. The molecule has 2 heterocycles. The highest BCUT2D eigenvalue weighted by atomic mass is 32.2. The Bertz CT molecular complexity index is 905. The van der Waals surface area contributed by atoms with Gasteiger partial charge in [-0.25, -0.2) is 8.42 Å². The van der Waals surface area contributed by atoms with E-state index in [0.29, 0.717) is 5.39 Å². The number of hydrogen-bond acceptors (Lipinski definition) is 4. The molecule has 2 fully saturated rings. The van der Waals surface area contributed by atoms with Crippen molar-refractivity contribution < 1.29 is 23.1 Å². The van der Waals surface area contributed by atoms with Gasteiger partial charge in [0.05, 0.1) is 23.5 Å². The number of hydrogen-bond donors (Lipinski definition) is 1. The Balaban J connectivity index is 1.70. The average Bonchev–Trinajstić information content (AvgIpc) is 3.14. The van der Waals surface area contributed by atoms with E-state index in [9.17, 15) is 18.3 Å². The molecular weight excluding hydrogens is 330 g/mol. The van der Waals surface area contributed by atoms with E-state index in [1.54, 1.807) is 18.2 Å². The third kappa shape index (κ3) is 2.31. The summed E-state index contributed by atoms with van der Waals surface area (Å²) in [6, 6.07) is 12.5. The molecule has 4 rings (SSSR count). The van der Waals surface area contributed by atoms with Crippen molar-refractivity contribution in [1.82, 2.24) is 4.31 Å². The largest absolute Gasteiger partial charge is 0.481 e. The number of carboxylic acid groups (broad SMARTS) is 1. The Morgan fingerprint density at radius 2 is 1.88 bits per heavy atom. The summed E-state index contributed by atoms with van der Waals surface area (Å²) in [4.78, 5) is 11.6. The molecule has 0 bridgehead atoms. The van der Waals surface area contributed by atoms with Crippen LogP contribution >= 0.6 is 0 Å². The number of fused-ring (bicyclic) bond motifs is 2. The van der Waals surface area contributed by atoms with Gasteiger partial charge in [-0.2, -0.15) is 4.31 Å². The first-order valence-electron chi connectivity index (χ1n) is 7.81. The van der Waals surface area contributed by atoms with Crippen LogP contribution in [0, 0.1) is 11.8 Å². The van der Waals surface area contributed by atoms with Gasteiger partial charge >= 0.3 is 5.97 Å². The highest BCUT2D eigenvalue weighted by Crippen LogP contribution is 2.37. The zero-order valence-electron chi connectivity index (χ0n) is 12.8. The topological polar surface area (TPSA) is 83.9 Å². The van der Waals surface area contributed by atoms with E-state index in [-0.39, 0.29) is 36.6 Å². The SMILES string of the molecule is O=C(O)[C@@H]1CO[C@@H]2CN(S(=O)(=O)c3cccc4ccccc34)C[C@@H]21. The van der Waals surface area contributed by atoms with Crippen molar-refractivity contribution in [3.8, 4) is 0 Å². The molecule has 2 aliphatic heterocycles. The Morgan fingerprint density at radius 1 is 1.12 bits per heavy atom. The minimum atomic E-state index is -3.70. The van der Waals surface area contributed by atoms with Crippen LogP contribution in [0.3, 0.4) is 0 Å². The molecule has 7 heteroatoms. The van der Waals surface area contributed by atoms with Crippen molar-refractivity contribution in [2.24, 2.45) is 11.8 Å². The van der Waals surface area contributed by atoms with E-state index in [1.807, 2.05) is 24.3 Å². The molecule has 24 heavy (non-hydrogen) atoms. The first-order chi connectivity index (χ1) is 11.5. The van der Waals surface area contributed by atoms with Crippen LogP contribution in [0.15, 0.2) is 47.4 Å². The number of ether oxygens (including phenoxy) is 1. The van der Waals surface area contributed by atoms with Gasteiger partial charge in [0.25, 0.3) is 0 Å². The molecule has 0 radical (unpaired) electrons. The lowest BCUT2D eigenvalue weighted by Crippen LogP contribution is -2.32. The van der Waals surface area contributed by atoms with Gasteiger partial charge in [-0.05, 0) is 11.5 Å². The van der Waals surface area contributed by atoms with Crippen LogP contribution < -0.4 is 0 Å². The monoisotopic (exact) mass is 347 g/mol. The van der Waals surface area contributed by atoms with E-state index in [0.717, 1.165) is 5.39 Å². The fraction of sp³-hybridized carbons (Fsp3) is 0.353. The fourth-order valence-electron chi connectivity index (χ4n) is 3.69. The highest BCUT2D eigenvalue weighted by molar-refractivity contribution is 7.89. The van der Waals surface area contributed by atoms with E-state index < -0.39 is 21.9 Å². The summed E-state index contributed by atoms with van der Waals surface area (Å²) in [7, 11) is -3.70. The van der Waals surface area contributed by atoms with Crippen LogP contribution in [0.5, 0.6) is 0 Å². The Hall–Kier alpha value is -1.96. The molecule has 0 saturated carbocycles. The molecule has 126 valence electrons. The van der Waals surface area contributed by atoms with Gasteiger partial charge < -0.3 is 9.84 Å². The van der Waals surface area contributed by atoms with Gasteiger partial charge in [-0.15, -0.1) is 0 Å². The van der Waals surface area contributed by atoms with Gasteiger partial charge in [-0.3, -0.25) is 4.79 Å². The standard InChI is InChI=1S/C17H17NO5S/c19-17(20)14-10-23-15-9-18(8-13(14)15)24(21,22)16-7-3-5-11-4-1-2-6-12(11)16/h1-7,13-15H,8-10H2,(H,19,20)/t13-,14-,15-/m1/s1. The van der Waals surface area contributed by atoms with Gasteiger partial charge in [-0.1, -0.05) is 36.4 Å². The van der Waals surface area contributed by atoms with Crippen molar-refractivity contribution in [2.45, 2.75) is 11.0 Å². The lowest BCUT2D eigenvalue weighted by atomic mass is 9.94. The van der Waals surface area contributed by atoms with Crippen LogP contribution in [-0.4, -0.2) is 49.6 Å². The zero-order valence-corrected chi connectivity index (χ0v) is 13.6. The van der Waals surface area contributed by atoms with Crippen LogP contribution in [0.2, 0.25) is 0 Å². The minimum Gasteiger partial charge on any atom is -0.481 e. The Kier molecular flexibility index (Phi) is 3.59. The number of nitrogens with zero attached hydrogens (tertiary/aromatic N) is 1. The molecule has 0 aliphatic carbocycles. The van der Waals surface area contributed by atoms with Crippen molar-refractivity contribution in [1.29, 1.82) is 0 Å². The first kappa shape index (κ1) is 15.6. The van der Waals surface area contributed by atoms with E-state index in [4.69, 9.17) is 4.74 Å². The van der Waals surface area contributed by atoms with Gasteiger partial charge in [0.1, 0.15) is 0 Å². The minimum absolute atomic E-state index is 0.160. The summed E-state index contributed by atoms with van der Waals surface area (Å²) in [5.41, 5.74) is 0. The first-order valence-corrected chi connectivity index (χ1v) is 9.25. The van der Waals surface area contributed by atoms with Crippen LogP contribution in [0.4, 0.5) is 0 Å². The van der Waals surface area contributed by atoms with E-state index in [1.165, 1.54) is 4.31 Å². The lowest BCUT2D eigenvalue weighted by molar-refractivity contribution is -0.142.